The summed E-state index contributed by atoms with van der Waals surface area (Å²) in [6.07, 6.45) is 7.83. The largest absolute Gasteiger partial charge is 0.253 e. The summed E-state index contributed by atoms with van der Waals surface area (Å²) in [6, 6.07) is 0. The first-order valence-electron chi connectivity index (χ1n) is 6.55. The van der Waals surface area contributed by atoms with Crippen molar-refractivity contribution in [1.82, 2.24) is 4.98 Å². The number of aromatic nitrogens is 1. The Morgan fingerprint density at radius 3 is 2.00 bits per heavy atom. The quantitative estimate of drug-likeness (QED) is 0.649. The lowest BCUT2D eigenvalue weighted by Crippen LogP contribution is -2.01. The molecule has 1 aromatic heterocycles. The Balaban J connectivity index is 0.000000251. The van der Waals surface area contributed by atoms with Crippen LogP contribution in [-0.4, -0.2) is 4.98 Å². The summed E-state index contributed by atoms with van der Waals surface area (Å²) in [4.78, 5) is 5.11. The second kappa shape index (κ2) is 9.83. The second-order valence-electron chi connectivity index (χ2n) is 4.40. The fourth-order valence-corrected chi connectivity index (χ4v) is 2.31. The van der Waals surface area contributed by atoms with E-state index >= 15 is 0 Å². The average molecular weight is 241 g/mol. The molecule has 0 saturated heterocycles. The van der Waals surface area contributed by atoms with Gasteiger partial charge in [0.2, 0.25) is 0 Å². The highest BCUT2D eigenvalue weighted by Crippen LogP contribution is 2.30. The third-order valence-electron chi connectivity index (χ3n) is 2.90. The van der Waals surface area contributed by atoms with Crippen molar-refractivity contribution in [2.45, 2.75) is 60.3 Å². The molecule has 1 aliphatic rings. The van der Waals surface area contributed by atoms with Crippen molar-refractivity contribution in [3.8, 4) is 0 Å². The summed E-state index contributed by atoms with van der Waals surface area (Å²) in [5.74, 6) is 2.01. The third-order valence-corrected chi connectivity index (χ3v) is 3.60. The van der Waals surface area contributed by atoms with Crippen molar-refractivity contribution >= 4 is 11.3 Å². The highest BCUT2D eigenvalue weighted by atomic mass is 32.1. The number of hydrogen-bond acceptors (Lipinski definition) is 2. The summed E-state index contributed by atoms with van der Waals surface area (Å²) in [5.41, 5.74) is 1.83. The summed E-state index contributed by atoms with van der Waals surface area (Å²) in [5, 5.41) is 0. The minimum Gasteiger partial charge on any atom is -0.253 e. The van der Waals surface area contributed by atoms with Crippen LogP contribution < -0.4 is 0 Å². The summed E-state index contributed by atoms with van der Waals surface area (Å²) in [6.45, 7) is 10.7. The molecule has 0 unspecified atom stereocenters. The molecule has 94 valence electrons. The zero-order chi connectivity index (χ0) is 12.4. The molecule has 0 N–H and O–H groups in total. The van der Waals surface area contributed by atoms with E-state index in [0.717, 1.165) is 11.8 Å². The molecule has 2 rings (SSSR count). The maximum absolute atomic E-state index is 3.84. The Morgan fingerprint density at radius 1 is 1.25 bits per heavy atom. The first kappa shape index (κ1) is 15.6. The Labute approximate surface area is 105 Å². The molecular formula is C14H27NS. The number of aryl methyl sites for hydroxylation is 1. The third kappa shape index (κ3) is 7.00. The standard InChI is InChI=1S/C8H16.C4H5NS.C2H6/c1-7(2)8-5-3-4-6-8;1-4-2-5-3-6-4;1-2/h7-8H,3-6H2,1-2H3;2-3H,1H3;1-2H3. The monoisotopic (exact) mass is 241 g/mol. The van der Waals surface area contributed by atoms with Gasteiger partial charge in [0.05, 0.1) is 5.51 Å². The van der Waals surface area contributed by atoms with Gasteiger partial charge < -0.3 is 0 Å². The number of hydrogen-bond donors (Lipinski definition) is 0. The highest BCUT2D eigenvalue weighted by Gasteiger charge is 2.17. The van der Waals surface area contributed by atoms with Gasteiger partial charge in [0, 0.05) is 11.1 Å². The van der Waals surface area contributed by atoms with Crippen molar-refractivity contribution in [2.24, 2.45) is 11.8 Å². The van der Waals surface area contributed by atoms with E-state index in [1.54, 1.807) is 11.3 Å². The van der Waals surface area contributed by atoms with Crippen LogP contribution in [0.5, 0.6) is 0 Å². The second-order valence-corrected chi connectivity index (χ2v) is 5.49. The molecule has 1 saturated carbocycles. The van der Waals surface area contributed by atoms with Crippen molar-refractivity contribution in [3.63, 3.8) is 0 Å². The molecule has 2 heteroatoms. The van der Waals surface area contributed by atoms with Crippen LogP contribution >= 0.6 is 11.3 Å². The minimum atomic E-state index is 0.942. The van der Waals surface area contributed by atoms with E-state index in [0.29, 0.717) is 0 Å². The van der Waals surface area contributed by atoms with E-state index in [2.05, 4.69) is 18.8 Å². The molecule has 0 bridgehead atoms. The van der Waals surface area contributed by atoms with Crippen LogP contribution in [0.4, 0.5) is 0 Å². The van der Waals surface area contributed by atoms with Gasteiger partial charge in [0.15, 0.2) is 0 Å². The fourth-order valence-electron chi connectivity index (χ4n) is 1.90. The van der Waals surface area contributed by atoms with Gasteiger partial charge in [-0.2, -0.15) is 0 Å². The zero-order valence-corrected chi connectivity index (χ0v) is 12.3. The SMILES string of the molecule is CC.CC(C)C1CCCC1.Cc1cncs1. The van der Waals surface area contributed by atoms with Gasteiger partial charge in [-0.15, -0.1) is 11.3 Å². The van der Waals surface area contributed by atoms with Gasteiger partial charge in [-0.1, -0.05) is 53.4 Å². The highest BCUT2D eigenvalue weighted by molar-refractivity contribution is 7.09. The number of thiazole rings is 1. The fraction of sp³-hybridized carbons (Fsp3) is 0.786. The first-order chi connectivity index (χ1) is 7.70. The van der Waals surface area contributed by atoms with Gasteiger partial charge in [0.25, 0.3) is 0 Å². The van der Waals surface area contributed by atoms with Crippen molar-refractivity contribution in [3.05, 3.63) is 16.6 Å². The van der Waals surface area contributed by atoms with Crippen molar-refractivity contribution < 1.29 is 0 Å². The smallest absolute Gasteiger partial charge is 0.0794 e. The van der Waals surface area contributed by atoms with Crippen molar-refractivity contribution in [2.75, 3.05) is 0 Å². The molecule has 0 radical (unpaired) electrons. The average Bonchev–Trinajstić information content (AvgIpc) is 2.93. The maximum atomic E-state index is 3.84. The van der Waals surface area contributed by atoms with E-state index in [9.17, 15) is 0 Å². The Morgan fingerprint density at radius 2 is 1.81 bits per heavy atom. The molecule has 0 aliphatic heterocycles. The molecule has 16 heavy (non-hydrogen) atoms. The Bertz CT molecular complexity index is 223. The Kier molecular flexibility index (Phi) is 9.60. The van der Waals surface area contributed by atoms with E-state index < -0.39 is 0 Å². The van der Waals surface area contributed by atoms with Gasteiger partial charge >= 0.3 is 0 Å². The molecule has 0 spiro atoms. The molecule has 1 aromatic rings. The number of nitrogens with zero attached hydrogens (tertiary/aromatic N) is 1. The molecule has 1 heterocycles. The van der Waals surface area contributed by atoms with Gasteiger partial charge in [-0.3, -0.25) is 4.98 Å². The van der Waals surface area contributed by atoms with Crippen LogP contribution in [0.15, 0.2) is 11.7 Å². The topological polar surface area (TPSA) is 12.9 Å². The molecule has 1 fully saturated rings. The van der Waals surface area contributed by atoms with Gasteiger partial charge in [0.1, 0.15) is 0 Å². The predicted molar refractivity (Wildman–Crippen MR) is 75.0 cm³/mol. The predicted octanol–water partition coefficient (Wildman–Crippen LogP) is 5.31. The van der Waals surface area contributed by atoms with Crippen LogP contribution in [0, 0.1) is 18.8 Å². The number of rotatable bonds is 1. The molecule has 0 atom stereocenters. The van der Waals surface area contributed by atoms with E-state index in [1.165, 1.54) is 30.6 Å². The summed E-state index contributed by atoms with van der Waals surface area (Å²) >= 11 is 1.67. The van der Waals surface area contributed by atoms with Gasteiger partial charge in [-0.05, 0) is 18.8 Å². The van der Waals surface area contributed by atoms with Crippen LogP contribution in [0.1, 0.15) is 58.3 Å². The molecule has 0 aromatic carbocycles. The van der Waals surface area contributed by atoms with Crippen LogP contribution in [0.25, 0.3) is 0 Å². The van der Waals surface area contributed by atoms with Crippen molar-refractivity contribution in [1.29, 1.82) is 0 Å². The van der Waals surface area contributed by atoms with E-state index in [1.807, 2.05) is 32.5 Å². The zero-order valence-electron chi connectivity index (χ0n) is 11.5. The Hall–Kier alpha value is -0.370. The lowest BCUT2D eigenvalue weighted by molar-refractivity contribution is 0.396. The maximum Gasteiger partial charge on any atom is 0.0794 e. The van der Waals surface area contributed by atoms with Crippen LogP contribution in [0.3, 0.4) is 0 Å². The normalized spacial score (nSPS) is 15.1. The summed E-state index contributed by atoms with van der Waals surface area (Å²) < 4.78 is 0. The van der Waals surface area contributed by atoms with Gasteiger partial charge in [-0.25, -0.2) is 0 Å². The van der Waals surface area contributed by atoms with E-state index in [4.69, 9.17) is 0 Å². The molecular weight excluding hydrogens is 214 g/mol. The molecule has 1 aliphatic carbocycles. The minimum absolute atomic E-state index is 0.942. The van der Waals surface area contributed by atoms with Crippen LogP contribution in [-0.2, 0) is 0 Å². The van der Waals surface area contributed by atoms with Crippen LogP contribution in [0.2, 0.25) is 0 Å². The van der Waals surface area contributed by atoms with E-state index in [-0.39, 0.29) is 0 Å². The summed E-state index contributed by atoms with van der Waals surface area (Å²) in [7, 11) is 0. The molecule has 1 nitrogen and oxygen atoms in total. The first-order valence-corrected chi connectivity index (χ1v) is 7.43. The molecule has 0 amide bonds. The lowest BCUT2D eigenvalue weighted by Gasteiger charge is -2.11. The lowest BCUT2D eigenvalue weighted by atomic mass is 9.95.